The van der Waals surface area contributed by atoms with Gasteiger partial charge in [0.15, 0.2) is 0 Å². The lowest BCUT2D eigenvalue weighted by molar-refractivity contribution is -0.120. The topological polar surface area (TPSA) is 118 Å². The van der Waals surface area contributed by atoms with Crippen LogP contribution in [0.2, 0.25) is 5.02 Å². The predicted octanol–water partition coefficient (Wildman–Crippen LogP) is 3.69. The molecule has 0 fully saturated rings. The van der Waals surface area contributed by atoms with Crippen LogP contribution in [0.25, 0.3) is 0 Å². The van der Waals surface area contributed by atoms with E-state index < -0.39 is 12.0 Å². The second kappa shape index (κ2) is 10.6. The number of aromatic nitrogens is 1. The van der Waals surface area contributed by atoms with Crippen molar-refractivity contribution in [1.82, 2.24) is 9.88 Å². The van der Waals surface area contributed by atoms with Gasteiger partial charge in [-0.1, -0.05) is 23.7 Å². The molecule has 0 saturated carbocycles. The van der Waals surface area contributed by atoms with E-state index in [4.69, 9.17) is 16.3 Å². The first kappa shape index (κ1) is 24.9. The third kappa shape index (κ3) is 5.36. The van der Waals surface area contributed by atoms with Crippen molar-refractivity contribution in [3.63, 3.8) is 0 Å². The molecule has 3 amide bonds. The van der Waals surface area contributed by atoms with Crippen molar-refractivity contribution in [2.45, 2.75) is 25.9 Å². The Morgan fingerprint density at radius 2 is 1.94 bits per heavy atom. The SMILES string of the molecule is COC(=O)c1ccc(CN2C(=O)c3ccc(Cl)cc3NC(=O)[C@H]2Cc2ccccn2)cc1NC(C)=O. The number of rotatable bonds is 6. The Morgan fingerprint density at radius 3 is 2.64 bits per heavy atom. The largest absolute Gasteiger partial charge is 0.465 e. The minimum Gasteiger partial charge on any atom is -0.465 e. The molecular weight excluding hydrogens is 484 g/mol. The standard InChI is InChI=1S/C26H23ClN4O5/c1-15(32)29-21-11-16(6-8-20(21)26(35)36-2)14-31-23(13-18-5-3-4-10-28-18)24(33)30-22-12-17(27)7-9-19(22)25(31)34/h3-12,23H,13-14H2,1-2H3,(H,29,32)(H,30,33)/t23-/m1/s1. The Morgan fingerprint density at radius 1 is 1.14 bits per heavy atom. The number of ether oxygens (including phenoxy) is 1. The highest BCUT2D eigenvalue weighted by Crippen LogP contribution is 2.29. The Kier molecular flexibility index (Phi) is 7.30. The van der Waals surface area contributed by atoms with Crippen molar-refractivity contribution in [2.24, 2.45) is 0 Å². The number of pyridine rings is 1. The molecule has 0 bridgehead atoms. The molecule has 0 radical (unpaired) electrons. The highest BCUT2D eigenvalue weighted by Gasteiger charge is 2.36. The average molecular weight is 507 g/mol. The number of hydrogen-bond donors (Lipinski definition) is 2. The van der Waals surface area contributed by atoms with E-state index >= 15 is 0 Å². The summed E-state index contributed by atoms with van der Waals surface area (Å²) < 4.78 is 4.80. The third-order valence-electron chi connectivity index (χ3n) is 5.69. The van der Waals surface area contributed by atoms with Gasteiger partial charge in [0, 0.05) is 36.8 Å². The zero-order valence-electron chi connectivity index (χ0n) is 19.6. The summed E-state index contributed by atoms with van der Waals surface area (Å²) in [6.45, 7) is 1.35. The van der Waals surface area contributed by atoms with Crippen molar-refractivity contribution in [1.29, 1.82) is 0 Å². The summed E-state index contributed by atoms with van der Waals surface area (Å²) in [4.78, 5) is 56.7. The summed E-state index contributed by atoms with van der Waals surface area (Å²) in [5.41, 5.74) is 2.26. The number of nitrogens with one attached hydrogen (secondary N) is 2. The minimum atomic E-state index is -0.886. The zero-order valence-corrected chi connectivity index (χ0v) is 20.3. The molecule has 4 rings (SSSR count). The molecule has 2 aromatic carbocycles. The molecule has 9 nitrogen and oxygen atoms in total. The first-order valence-corrected chi connectivity index (χ1v) is 11.4. The number of amides is 3. The summed E-state index contributed by atoms with van der Waals surface area (Å²) in [6.07, 6.45) is 1.80. The van der Waals surface area contributed by atoms with Crippen molar-refractivity contribution in [3.05, 3.63) is 88.2 Å². The van der Waals surface area contributed by atoms with Crippen LogP contribution in [0.3, 0.4) is 0 Å². The quantitative estimate of drug-likeness (QED) is 0.492. The zero-order chi connectivity index (χ0) is 25.8. The second-order valence-electron chi connectivity index (χ2n) is 8.21. The van der Waals surface area contributed by atoms with Crippen LogP contribution in [0, 0.1) is 0 Å². The lowest BCUT2D eigenvalue weighted by atomic mass is 10.0. The molecule has 3 aromatic rings. The van der Waals surface area contributed by atoms with E-state index in [1.165, 1.54) is 31.1 Å². The van der Waals surface area contributed by atoms with E-state index in [0.717, 1.165) is 0 Å². The molecule has 0 saturated heterocycles. The molecule has 184 valence electrons. The first-order valence-electron chi connectivity index (χ1n) is 11.1. The average Bonchev–Trinajstić information content (AvgIpc) is 2.94. The van der Waals surface area contributed by atoms with Gasteiger partial charge in [-0.05, 0) is 48.0 Å². The molecule has 2 N–H and O–H groups in total. The number of carbonyl (C=O) groups excluding carboxylic acids is 4. The van der Waals surface area contributed by atoms with Gasteiger partial charge in [0.25, 0.3) is 5.91 Å². The molecule has 36 heavy (non-hydrogen) atoms. The number of methoxy groups -OCH3 is 1. The number of carbonyl (C=O) groups is 4. The van der Waals surface area contributed by atoms with Crippen molar-refractivity contribution >= 4 is 46.7 Å². The Balaban J connectivity index is 1.76. The molecule has 0 spiro atoms. The Labute approximate surface area is 212 Å². The summed E-state index contributed by atoms with van der Waals surface area (Å²) in [6, 6.07) is 13.9. The molecule has 10 heteroatoms. The summed E-state index contributed by atoms with van der Waals surface area (Å²) in [5.74, 6) is -1.75. The number of anilines is 2. The van der Waals surface area contributed by atoms with Crippen LogP contribution in [0.5, 0.6) is 0 Å². The summed E-state index contributed by atoms with van der Waals surface area (Å²) >= 11 is 6.11. The minimum absolute atomic E-state index is 0.0276. The van der Waals surface area contributed by atoms with Gasteiger partial charge in [-0.15, -0.1) is 0 Å². The van der Waals surface area contributed by atoms with Gasteiger partial charge in [0.2, 0.25) is 11.8 Å². The molecular formula is C26H23ClN4O5. The van der Waals surface area contributed by atoms with Gasteiger partial charge < -0.3 is 20.3 Å². The molecule has 1 aliphatic rings. The van der Waals surface area contributed by atoms with E-state index in [0.29, 0.717) is 27.5 Å². The molecule has 2 heterocycles. The monoisotopic (exact) mass is 506 g/mol. The third-order valence-corrected chi connectivity index (χ3v) is 5.93. The summed E-state index contributed by atoms with van der Waals surface area (Å²) in [7, 11) is 1.24. The van der Waals surface area contributed by atoms with Crippen LogP contribution in [-0.2, 0) is 27.3 Å². The van der Waals surface area contributed by atoms with Crippen molar-refractivity contribution in [3.8, 4) is 0 Å². The van der Waals surface area contributed by atoms with Gasteiger partial charge in [0.1, 0.15) is 6.04 Å². The highest BCUT2D eigenvalue weighted by atomic mass is 35.5. The smallest absolute Gasteiger partial charge is 0.339 e. The number of benzene rings is 2. The van der Waals surface area contributed by atoms with Gasteiger partial charge in [0.05, 0.1) is 29.6 Å². The number of nitrogens with zero attached hydrogens (tertiary/aromatic N) is 2. The van der Waals surface area contributed by atoms with Crippen LogP contribution in [-0.4, -0.2) is 46.7 Å². The fourth-order valence-electron chi connectivity index (χ4n) is 4.03. The van der Waals surface area contributed by atoms with Gasteiger partial charge in [-0.25, -0.2) is 4.79 Å². The highest BCUT2D eigenvalue weighted by molar-refractivity contribution is 6.31. The van der Waals surface area contributed by atoms with E-state index in [2.05, 4.69) is 15.6 Å². The van der Waals surface area contributed by atoms with E-state index in [1.807, 2.05) is 6.07 Å². The normalized spacial score (nSPS) is 15.0. The number of halogens is 1. The van der Waals surface area contributed by atoms with E-state index in [1.54, 1.807) is 42.6 Å². The lowest BCUT2D eigenvalue weighted by Crippen LogP contribution is -2.46. The van der Waals surface area contributed by atoms with Crippen LogP contribution in [0.1, 0.15) is 38.9 Å². The van der Waals surface area contributed by atoms with Crippen LogP contribution in [0.15, 0.2) is 60.8 Å². The Bertz CT molecular complexity index is 1350. The van der Waals surface area contributed by atoms with Crippen LogP contribution < -0.4 is 10.6 Å². The van der Waals surface area contributed by atoms with Gasteiger partial charge in [-0.2, -0.15) is 0 Å². The molecule has 1 atom stereocenters. The maximum Gasteiger partial charge on any atom is 0.339 e. The molecule has 0 unspecified atom stereocenters. The van der Waals surface area contributed by atoms with Crippen molar-refractivity contribution < 1.29 is 23.9 Å². The van der Waals surface area contributed by atoms with E-state index in [-0.39, 0.29) is 41.9 Å². The van der Waals surface area contributed by atoms with E-state index in [9.17, 15) is 19.2 Å². The fourth-order valence-corrected chi connectivity index (χ4v) is 4.20. The first-order chi connectivity index (χ1) is 17.3. The molecule has 1 aliphatic heterocycles. The van der Waals surface area contributed by atoms with Crippen molar-refractivity contribution in [2.75, 3.05) is 17.7 Å². The number of hydrogen-bond acceptors (Lipinski definition) is 6. The maximum atomic E-state index is 13.7. The summed E-state index contributed by atoms with van der Waals surface area (Å²) in [5, 5.41) is 5.83. The van der Waals surface area contributed by atoms with Gasteiger partial charge >= 0.3 is 5.97 Å². The predicted molar refractivity (Wildman–Crippen MR) is 134 cm³/mol. The lowest BCUT2D eigenvalue weighted by Gasteiger charge is -2.29. The molecule has 1 aromatic heterocycles. The fraction of sp³-hybridized carbons (Fsp3) is 0.192. The number of esters is 1. The molecule has 0 aliphatic carbocycles. The van der Waals surface area contributed by atoms with Crippen LogP contribution >= 0.6 is 11.6 Å². The number of fused-ring (bicyclic) bond motifs is 1. The maximum absolute atomic E-state index is 13.7. The Hall–Kier alpha value is -4.24. The van der Waals surface area contributed by atoms with Crippen LogP contribution in [0.4, 0.5) is 11.4 Å². The second-order valence-corrected chi connectivity index (χ2v) is 8.64. The van der Waals surface area contributed by atoms with Gasteiger partial charge in [-0.3, -0.25) is 19.4 Å².